The van der Waals surface area contributed by atoms with Gasteiger partial charge in [-0.25, -0.2) is 0 Å². The fraction of sp³-hybridized carbons (Fsp3) is 1.00. The lowest BCUT2D eigenvalue weighted by Crippen LogP contribution is -2.47. The van der Waals surface area contributed by atoms with Crippen LogP contribution in [0.4, 0.5) is 0 Å². The van der Waals surface area contributed by atoms with E-state index in [0.717, 1.165) is 91.1 Å². The number of morpholine rings is 1. The minimum atomic E-state index is -0.0847. The standard InChI is InChI=1S/C19H34N2O4/c1-4-19(25-18(1)14-20-5-10-23-11-6-20)15-21(7-12-24-16-19)13-17-2-8-22-9-3-17/h17-18H,1-16H2/t18-,19+/m1/s1. The highest BCUT2D eigenvalue weighted by Gasteiger charge is 2.43. The molecule has 6 nitrogen and oxygen atoms in total. The van der Waals surface area contributed by atoms with Crippen molar-refractivity contribution in [3.8, 4) is 0 Å². The Morgan fingerprint density at radius 1 is 0.760 bits per heavy atom. The first kappa shape index (κ1) is 18.1. The number of ether oxygens (including phenoxy) is 4. The van der Waals surface area contributed by atoms with Crippen LogP contribution in [-0.4, -0.2) is 100 Å². The van der Waals surface area contributed by atoms with E-state index in [4.69, 9.17) is 18.9 Å². The highest BCUT2D eigenvalue weighted by Crippen LogP contribution is 2.34. The van der Waals surface area contributed by atoms with E-state index < -0.39 is 0 Å². The molecular formula is C19H34N2O4. The van der Waals surface area contributed by atoms with Crippen LogP contribution in [0.3, 0.4) is 0 Å². The molecule has 0 N–H and O–H groups in total. The Labute approximate surface area is 151 Å². The molecule has 6 heteroatoms. The van der Waals surface area contributed by atoms with Gasteiger partial charge in [-0.05, 0) is 31.6 Å². The second-order valence-electron chi connectivity index (χ2n) is 8.22. The van der Waals surface area contributed by atoms with Gasteiger partial charge in [0.05, 0.1) is 32.5 Å². The molecule has 144 valence electrons. The van der Waals surface area contributed by atoms with E-state index in [1.807, 2.05) is 0 Å². The van der Waals surface area contributed by atoms with Crippen molar-refractivity contribution in [3.63, 3.8) is 0 Å². The largest absolute Gasteiger partial charge is 0.381 e. The lowest BCUT2D eigenvalue weighted by atomic mass is 9.97. The Morgan fingerprint density at radius 3 is 2.32 bits per heavy atom. The van der Waals surface area contributed by atoms with Gasteiger partial charge in [-0.2, -0.15) is 0 Å². The van der Waals surface area contributed by atoms with Gasteiger partial charge in [0.15, 0.2) is 0 Å². The lowest BCUT2D eigenvalue weighted by Gasteiger charge is -2.35. The monoisotopic (exact) mass is 354 g/mol. The van der Waals surface area contributed by atoms with Crippen molar-refractivity contribution in [2.24, 2.45) is 5.92 Å². The van der Waals surface area contributed by atoms with Crippen LogP contribution >= 0.6 is 0 Å². The minimum absolute atomic E-state index is 0.0847. The van der Waals surface area contributed by atoms with Gasteiger partial charge < -0.3 is 18.9 Å². The summed E-state index contributed by atoms with van der Waals surface area (Å²) in [6.45, 7) is 11.5. The van der Waals surface area contributed by atoms with Crippen molar-refractivity contribution in [3.05, 3.63) is 0 Å². The zero-order valence-corrected chi connectivity index (χ0v) is 15.5. The van der Waals surface area contributed by atoms with Crippen LogP contribution in [-0.2, 0) is 18.9 Å². The van der Waals surface area contributed by atoms with Crippen LogP contribution in [0.15, 0.2) is 0 Å². The molecule has 0 aromatic carbocycles. The van der Waals surface area contributed by atoms with E-state index in [1.165, 1.54) is 19.4 Å². The predicted octanol–water partition coefficient (Wildman–Crippen LogP) is 0.995. The summed E-state index contributed by atoms with van der Waals surface area (Å²) in [7, 11) is 0. The molecule has 0 unspecified atom stereocenters. The molecule has 4 fully saturated rings. The Kier molecular flexibility index (Phi) is 6.26. The van der Waals surface area contributed by atoms with E-state index in [0.29, 0.717) is 6.10 Å². The average molecular weight is 354 g/mol. The van der Waals surface area contributed by atoms with Gasteiger partial charge in [0.2, 0.25) is 0 Å². The Hall–Kier alpha value is -0.240. The van der Waals surface area contributed by atoms with Crippen LogP contribution in [0, 0.1) is 5.92 Å². The van der Waals surface area contributed by atoms with E-state index in [1.54, 1.807) is 0 Å². The molecule has 4 heterocycles. The van der Waals surface area contributed by atoms with E-state index in [-0.39, 0.29) is 5.60 Å². The molecule has 4 rings (SSSR count). The Morgan fingerprint density at radius 2 is 1.48 bits per heavy atom. The maximum atomic E-state index is 6.62. The third kappa shape index (κ3) is 4.93. The summed E-state index contributed by atoms with van der Waals surface area (Å²) < 4.78 is 23.6. The zero-order valence-electron chi connectivity index (χ0n) is 15.5. The van der Waals surface area contributed by atoms with Crippen LogP contribution < -0.4 is 0 Å². The Balaban J connectivity index is 1.30. The average Bonchev–Trinajstić information content (AvgIpc) is 2.91. The summed E-state index contributed by atoms with van der Waals surface area (Å²) in [4.78, 5) is 5.09. The third-order valence-corrected chi connectivity index (χ3v) is 6.19. The summed E-state index contributed by atoms with van der Waals surface area (Å²) in [5, 5.41) is 0. The first-order valence-corrected chi connectivity index (χ1v) is 10.2. The normalized spacial score (nSPS) is 36.7. The van der Waals surface area contributed by atoms with Gasteiger partial charge in [0.1, 0.15) is 5.60 Å². The fourth-order valence-electron chi connectivity index (χ4n) is 4.75. The van der Waals surface area contributed by atoms with Crippen molar-refractivity contribution in [2.45, 2.75) is 37.4 Å². The maximum absolute atomic E-state index is 6.62. The van der Waals surface area contributed by atoms with Crippen LogP contribution in [0.25, 0.3) is 0 Å². The van der Waals surface area contributed by atoms with Gasteiger partial charge in [-0.15, -0.1) is 0 Å². The number of nitrogens with zero attached hydrogens (tertiary/aromatic N) is 2. The predicted molar refractivity (Wildman–Crippen MR) is 94.9 cm³/mol. The molecule has 0 aromatic heterocycles. The fourth-order valence-corrected chi connectivity index (χ4v) is 4.75. The van der Waals surface area contributed by atoms with Crippen molar-refractivity contribution >= 4 is 0 Å². The topological polar surface area (TPSA) is 43.4 Å². The summed E-state index contributed by atoms with van der Waals surface area (Å²) >= 11 is 0. The van der Waals surface area contributed by atoms with Crippen molar-refractivity contribution in [1.82, 2.24) is 9.80 Å². The second-order valence-corrected chi connectivity index (χ2v) is 8.22. The van der Waals surface area contributed by atoms with Gasteiger partial charge in [-0.1, -0.05) is 0 Å². The smallest absolute Gasteiger partial charge is 0.105 e. The van der Waals surface area contributed by atoms with E-state index >= 15 is 0 Å². The van der Waals surface area contributed by atoms with Crippen LogP contribution in [0.1, 0.15) is 25.7 Å². The molecule has 4 aliphatic heterocycles. The van der Waals surface area contributed by atoms with Crippen LogP contribution in [0.5, 0.6) is 0 Å². The highest BCUT2D eigenvalue weighted by molar-refractivity contribution is 4.94. The van der Waals surface area contributed by atoms with Gasteiger partial charge in [-0.3, -0.25) is 9.80 Å². The maximum Gasteiger partial charge on any atom is 0.105 e. The molecule has 0 saturated carbocycles. The highest BCUT2D eigenvalue weighted by atomic mass is 16.6. The molecular weight excluding hydrogens is 320 g/mol. The SMILES string of the molecule is C1CC(CN2CCOC[C@]3(CC[C@H](CN4CCOCC4)O3)C2)CCO1. The molecule has 4 aliphatic rings. The van der Waals surface area contributed by atoms with E-state index in [9.17, 15) is 0 Å². The Bertz CT molecular complexity index is 412. The summed E-state index contributed by atoms with van der Waals surface area (Å²) in [6.07, 6.45) is 5.04. The molecule has 0 bridgehead atoms. The number of hydrogen-bond donors (Lipinski definition) is 0. The number of rotatable bonds is 4. The quantitative estimate of drug-likeness (QED) is 0.750. The molecule has 1 spiro atoms. The summed E-state index contributed by atoms with van der Waals surface area (Å²) in [6, 6.07) is 0. The van der Waals surface area contributed by atoms with Crippen molar-refractivity contribution in [1.29, 1.82) is 0 Å². The molecule has 0 aromatic rings. The molecule has 2 atom stereocenters. The molecule has 25 heavy (non-hydrogen) atoms. The molecule has 0 amide bonds. The summed E-state index contributed by atoms with van der Waals surface area (Å²) in [5.74, 6) is 0.773. The van der Waals surface area contributed by atoms with Gasteiger partial charge in [0, 0.05) is 52.5 Å². The van der Waals surface area contributed by atoms with Crippen molar-refractivity contribution < 1.29 is 18.9 Å². The molecule has 0 aliphatic carbocycles. The zero-order chi connectivity index (χ0) is 17.0. The van der Waals surface area contributed by atoms with Gasteiger partial charge in [0.25, 0.3) is 0 Å². The van der Waals surface area contributed by atoms with Crippen molar-refractivity contribution in [2.75, 3.05) is 78.9 Å². The molecule has 0 radical (unpaired) electrons. The number of hydrogen-bond acceptors (Lipinski definition) is 6. The van der Waals surface area contributed by atoms with Gasteiger partial charge >= 0.3 is 0 Å². The molecule has 4 saturated heterocycles. The summed E-state index contributed by atoms with van der Waals surface area (Å²) in [5.41, 5.74) is -0.0847. The first-order valence-electron chi connectivity index (χ1n) is 10.2. The third-order valence-electron chi connectivity index (χ3n) is 6.19. The second kappa shape index (κ2) is 8.63. The first-order chi connectivity index (χ1) is 12.3. The van der Waals surface area contributed by atoms with Crippen LogP contribution in [0.2, 0.25) is 0 Å². The van der Waals surface area contributed by atoms with E-state index in [2.05, 4.69) is 9.80 Å². The lowest BCUT2D eigenvalue weighted by molar-refractivity contribution is -0.0973. The minimum Gasteiger partial charge on any atom is -0.381 e.